The lowest BCUT2D eigenvalue weighted by Gasteiger charge is -2.26. The lowest BCUT2D eigenvalue weighted by Crippen LogP contribution is -2.53. The SMILES string of the molecule is CC(C)CC(/C=C/S(C)(=O)=O)NC(=O)[C@H](CC(C)C)NC(=O)[C@H](CC(C)C)NS. The first-order valence-corrected chi connectivity index (χ1v) is 12.5. The van der Waals surface area contributed by atoms with Crippen LogP contribution in [0, 0.1) is 17.8 Å². The Bertz CT molecular complexity index is 646. The van der Waals surface area contributed by atoms with Crippen LogP contribution in [-0.2, 0) is 19.4 Å². The van der Waals surface area contributed by atoms with E-state index in [1.807, 2.05) is 41.5 Å². The maximum absolute atomic E-state index is 12.9. The van der Waals surface area contributed by atoms with Gasteiger partial charge in [0.15, 0.2) is 9.84 Å². The number of sulfone groups is 1. The third-order valence-electron chi connectivity index (χ3n) is 4.13. The van der Waals surface area contributed by atoms with Gasteiger partial charge in [-0.2, -0.15) is 0 Å². The highest BCUT2D eigenvalue weighted by atomic mass is 32.2. The molecule has 0 aliphatic rings. The minimum Gasteiger partial charge on any atom is -0.348 e. The quantitative estimate of drug-likeness (QED) is 0.323. The normalized spacial score (nSPS) is 15.7. The van der Waals surface area contributed by atoms with Crippen LogP contribution in [0.3, 0.4) is 0 Å². The summed E-state index contributed by atoms with van der Waals surface area (Å²) in [6.45, 7) is 12.0. The van der Waals surface area contributed by atoms with E-state index < -0.39 is 28.0 Å². The van der Waals surface area contributed by atoms with Crippen LogP contribution in [0.5, 0.6) is 0 Å². The van der Waals surface area contributed by atoms with E-state index in [0.717, 1.165) is 11.7 Å². The zero-order chi connectivity index (χ0) is 22.8. The minimum absolute atomic E-state index is 0.189. The first kappa shape index (κ1) is 27.9. The molecule has 0 radical (unpaired) electrons. The molecule has 0 bridgehead atoms. The molecular weight excluding hydrogens is 410 g/mol. The van der Waals surface area contributed by atoms with Crippen LogP contribution >= 0.6 is 12.8 Å². The zero-order valence-electron chi connectivity index (χ0n) is 18.7. The second-order valence-corrected chi connectivity index (χ2v) is 11.1. The Balaban J connectivity index is 5.37. The van der Waals surface area contributed by atoms with Gasteiger partial charge in [0.2, 0.25) is 11.8 Å². The lowest BCUT2D eigenvalue weighted by molar-refractivity contribution is -0.130. The predicted molar refractivity (Wildman–Crippen MR) is 122 cm³/mol. The van der Waals surface area contributed by atoms with Gasteiger partial charge in [0.05, 0.1) is 6.04 Å². The van der Waals surface area contributed by atoms with E-state index >= 15 is 0 Å². The van der Waals surface area contributed by atoms with Crippen molar-refractivity contribution in [1.82, 2.24) is 15.4 Å². The van der Waals surface area contributed by atoms with Crippen molar-refractivity contribution < 1.29 is 18.0 Å². The maximum atomic E-state index is 12.9. The second-order valence-electron chi connectivity index (χ2n) is 8.90. The highest BCUT2D eigenvalue weighted by molar-refractivity contribution is 7.93. The van der Waals surface area contributed by atoms with Crippen molar-refractivity contribution in [3.63, 3.8) is 0 Å². The molecule has 0 aromatic carbocycles. The highest BCUT2D eigenvalue weighted by Gasteiger charge is 2.27. The first-order chi connectivity index (χ1) is 13.2. The molecule has 170 valence electrons. The van der Waals surface area contributed by atoms with E-state index in [0.29, 0.717) is 25.2 Å². The van der Waals surface area contributed by atoms with Gasteiger partial charge >= 0.3 is 0 Å². The van der Waals surface area contributed by atoms with Crippen molar-refractivity contribution >= 4 is 34.5 Å². The van der Waals surface area contributed by atoms with E-state index in [9.17, 15) is 18.0 Å². The van der Waals surface area contributed by atoms with Gasteiger partial charge in [0, 0.05) is 17.7 Å². The van der Waals surface area contributed by atoms with Crippen molar-refractivity contribution in [2.75, 3.05) is 6.26 Å². The van der Waals surface area contributed by atoms with E-state index in [2.05, 4.69) is 28.2 Å². The molecule has 0 aromatic heterocycles. The Morgan fingerprint density at radius 3 is 1.69 bits per heavy atom. The summed E-state index contributed by atoms with van der Waals surface area (Å²) in [5.41, 5.74) is 0. The van der Waals surface area contributed by atoms with Crippen LogP contribution in [0.15, 0.2) is 11.5 Å². The monoisotopic (exact) mass is 449 g/mol. The fourth-order valence-electron chi connectivity index (χ4n) is 2.88. The summed E-state index contributed by atoms with van der Waals surface area (Å²) in [5, 5.41) is 6.83. The largest absolute Gasteiger partial charge is 0.348 e. The number of hydrogen-bond donors (Lipinski definition) is 4. The molecule has 0 saturated heterocycles. The molecule has 3 N–H and O–H groups in total. The number of rotatable bonds is 13. The number of nitrogens with one attached hydrogen (secondary N) is 3. The molecule has 0 saturated carbocycles. The van der Waals surface area contributed by atoms with E-state index in [1.54, 1.807) is 0 Å². The maximum Gasteiger partial charge on any atom is 0.243 e. The van der Waals surface area contributed by atoms with Gasteiger partial charge in [-0.3, -0.25) is 14.3 Å². The van der Waals surface area contributed by atoms with Gasteiger partial charge in [-0.05, 0) is 37.0 Å². The second kappa shape index (κ2) is 13.3. The average molecular weight is 450 g/mol. The standard InChI is InChI=1S/C20H39N3O4S2/c1-13(2)10-16(8-9-29(7,26)27)21-19(24)17(11-14(3)4)22-20(25)18(23-28)12-15(5)6/h8-9,13-18,23,28H,10-12H2,1-7H3,(H,21,24)(H,22,25)/b9-8+/t16?,17-,18-/m0/s1. The molecule has 29 heavy (non-hydrogen) atoms. The van der Waals surface area contributed by atoms with Crippen molar-refractivity contribution in [2.24, 2.45) is 17.8 Å². The van der Waals surface area contributed by atoms with Gasteiger partial charge in [-0.25, -0.2) is 8.42 Å². The van der Waals surface area contributed by atoms with Crippen molar-refractivity contribution in [3.8, 4) is 0 Å². The molecule has 1 unspecified atom stereocenters. The summed E-state index contributed by atoms with van der Waals surface area (Å²) in [5.74, 6) is 0.138. The van der Waals surface area contributed by atoms with E-state index in [4.69, 9.17) is 0 Å². The van der Waals surface area contributed by atoms with Crippen LogP contribution in [0.4, 0.5) is 0 Å². The van der Waals surface area contributed by atoms with Gasteiger partial charge < -0.3 is 10.6 Å². The number of thiol groups is 1. The minimum atomic E-state index is -3.29. The third kappa shape index (κ3) is 13.7. The Morgan fingerprint density at radius 2 is 1.28 bits per heavy atom. The number of carbonyl (C=O) groups excluding carboxylic acids is 2. The molecule has 0 aromatic rings. The third-order valence-corrected chi connectivity index (χ3v) is 5.09. The van der Waals surface area contributed by atoms with Crippen molar-refractivity contribution in [3.05, 3.63) is 11.5 Å². The van der Waals surface area contributed by atoms with Gasteiger partial charge in [0.1, 0.15) is 6.04 Å². The molecule has 0 spiro atoms. The van der Waals surface area contributed by atoms with E-state index in [-0.39, 0.29) is 23.7 Å². The Kier molecular flexibility index (Phi) is 12.8. The van der Waals surface area contributed by atoms with E-state index in [1.165, 1.54) is 6.08 Å². The Morgan fingerprint density at radius 1 is 0.828 bits per heavy atom. The molecule has 0 aliphatic carbocycles. The van der Waals surface area contributed by atoms with Gasteiger partial charge in [-0.15, -0.1) is 0 Å². The summed E-state index contributed by atoms with van der Waals surface area (Å²) in [6.07, 6.45) is 4.27. The summed E-state index contributed by atoms with van der Waals surface area (Å²) >= 11 is 4.04. The van der Waals surface area contributed by atoms with Crippen LogP contribution in [-0.4, -0.2) is 44.6 Å². The van der Waals surface area contributed by atoms with Crippen molar-refractivity contribution in [2.45, 2.75) is 78.9 Å². The zero-order valence-corrected chi connectivity index (χ0v) is 20.4. The first-order valence-electron chi connectivity index (χ1n) is 10.1. The summed E-state index contributed by atoms with van der Waals surface area (Å²) in [6, 6.07) is -1.64. The van der Waals surface area contributed by atoms with Crippen LogP contribution in [0.2, 0.25) is 0 Å². The molecule has 7 nitrogen and oxygen atoms in total. The Hall–Kier alpha value is -1.06. The van der Waals surface area contributed by atoms with Crippen LogP contribution in [0.25, 0.3) is 0 Å². The Labute approximate surface area is 182 Å². The summed E-state index contributed by atoms with van der Waals surface area (Å²) in [4.78, 5) is 25.5. The number of amides is 2. The topological polar surface area (TPSA) is 104 Å². The van der Waals surface area contributed by atoms with Gasteiger partial charge in [-0.1, -0.05) is 60.4 Å². The predicted octanol–water partition coefficient (Wildman–Crippen LogP) is 2.46. The molecule has 2 amide bonds. The molecule has 0 aliphatic heterocycles. The fourth-order valence-corrected chi connectivity index (χ4v) is 3.58. The summed E-state index contributed by atoms with van der Waals surface area (Å²) in [7, 11) is -3.29. The lowest BCUT2D eigenvalue weighted by atomic mass is 9.99. The fraction of sp³-hybridized carbons (Fsp3) is 0.800. The number of hydrogen-bond acceptors (Lipinski definition) is 6. The van der Waals surface area contributed by atoms with Gasteiger partial charge in [0.25, 0.3) is 0 Å². The highest BCUT2D eigenvalue weighted by Crippen LogP contribution is 2.11. The molecular formula is C20H39N3O4S2. The molecule has 9 heteroatoms. The van der Waals surface area contributed by atoms with Crippen molar-refractivity contribution in [1.29, 1.82) is 0 Å². The molecule has 3 atom stereocenters. The molecule has 0 rings (SSSR count). The van der Waals surface area contributed by atoms with Crippen LogP contribution in [0.1, 0.15) is 60.8 Å². The number of carbonyl (C=O) groups is 2. The molecule has 0 fully saturated rings. The average Bonchev–Trinajstić information content (AvgIpc) is 2.54. The summed E-state index contributed by atoms with van der Waals surface area (Å²) < 4.78 is 25.6. The van der Waals surface area contributed by atoms with Crippen LogP contribution < -0.4 is 15.4 Å². The molecule has 0 heterocycles. The smallest absolute Gasteiger partial charge is 0.243 e.